The van der Waals surface area contributed by atoms with Gasteiger partial charge in [-0.15, -0.1) is 0 Å². The Kier molecular flexibility index (Phi) is 4.17. The molecule has 0 bridgehead atoms. The zero-order chi connectivity index (χ0) is 17.6. The van der Waals surface area contributed by atoms with Gasteiger partial charge in [0.2, 0.25) is 0 Å². The third-order valence-corrected chi connectivity index (χ3v) is 5.08. The molecule has 0 fully saturated rings. The lowest BCUT2D eigenvalue weighted by Gasteiger charge is -2.07. The summed E-state index contributed by atoms with van der Waals surface area (Å²) in [6, 6.07) is 6.21. The molecule has 2 heterocycles. The minimum absolute atomic E-state index is 0.119. The third kappa shape index (κ3) is 2.82. The van der Waals surface area contributed by atoms with E-state index in [1.165, 1.54) is 11.1 Å². The van der Waals surface area contributed by atoms with E-state index in [9.17, 15) is 4.79 Å². The van der Waals surface area contributed by atoms with Crippen LogP contribution in [0, 0.1) is 20.8 Å². The normalized spacial score (nSPS) is 12.5. The van der Waals surface area contributed by atoms with Crippen molar-refractivity contribution in [3.63, 3.8) is 0 Å². The molecule has 0 radical (unpaired) electrons. The quantitative estimate of drug-likeness (QED) is 0.713. The van der Waals surface area contributed by atoms with Crippen LogP contribution in [0.1, 0.15) is 47.2 Å². The summed E-state index contributed by atoms with van der Waals surface area (Å²) in [7, 11) is 1.96. The van der Waals surface area contributed by atoms with Gasteiger partial charge >= 0.3 is 0 Å². The van der Waals surface area contributed by atoms with E-state index in [-0.39, 0.29) is 11.9 Å². The monoisotopic (exact) mass is 342 g/mol. The highest BCUT2D eigenvalue weighted by atomic mass is 32.1. The Morgan fingerprint density at radius 3 is 2.58 bits per heavy atom. The lowest BCUT2D eigenvalue weighted by Crippen LogP contribution is -2.17. The molecule has 0 aliphatic carbocycles. The Hall–Kier alpha value is -2.21. The van der Waals surface area contributed by atoms with Gasteiger partial charge in [0, 0.05) is 13.1 Å². The van der Waals surface area contributed by atoms with E-state index in [0.717, 1.165) is 15.9 Å². The van der Waals surface area contributed by atoms with E-state index in [0.29, 0.717) is 10.5 Å². The van der Waals surface area contributed by atoms with Crippen LogP contribution in [-0.2, 0) is 7.05 Å². The van der Waals surface area contributed by atoms with Crippen molar-refractivity contribution >= 4 is 27.5 Å². The first-order valence-corrected chi connectivity index (χ1v) is 8.81. The summed E-state index contributed by atoms with van der Waals surface area (Å²) in [6.45, 7) is 10.1. The Morgan fingerprint density at radius 1 is 1.21 bits per heavy atom. The van der Waals surface area contributed by atoms with Gasteiger partial charge in [-0.05, 0) is 57.9 Å². The zero-order valence-corrected chi connectivity index (χ0v) is 15.7. The van der Waals surface area contributed by atoms with Gasteiger partial charge in [-0.2, -0.15) is 10.1 Å². The van der Waals surface area contributed by atoms with E-state index in [1.54, 1.807) is 22.1 Å². The van der Waals surface area contributed by atoms with Gasteiger partial charge in [0.15, 0.2) is 4.80 Å². The van der Waals surface area contributed by atoms with Crippen molar-refractivity contribution in [3.8, 4) is 0 Å². The van der Waals surface area contributed by atoms with Gasteiger partial charge in [-0.25, -0.2) is 0 Å². The Morgan fingerprint density at radius 2 is 1.92 bits per heavy atom. The second-order valence-electron chi connectivity index (χ2n) is 6.50. The molecule has 24 heavy (non-hydrogen) atoms. The lowest BCUT2D eigenvalue weighted by molar-refractivity contribution is 0.0986. The van der Waals surface area contributed by atoms with Crippen molar-refractivity contribution in [2.45, 2.75) is 40.7 Å². The van der Waals surface area contributed by atoms with Crippen LogP contribution in [0.25, 0.3) is 10.2 Å². The number of aryl methyl sites for hydroxylation is 4. The molecule has 1 aromatic carbocycles. The number of benzene rings is 1. The van der Waals surface area contributed by atoms with Crippen molar-refractivity contribution in [1.29, 1.82) is 0 Å². The SMILES string of the molecule is Cc1cc(C)c2c(c1)sc(=NC(=O)c1cc(C)nn1C(C)C)n2C. The molecule has 0 saturated heterocycles. The van der Waals surface area contributed by atoms with Gasteiger partial charge in [0.05, 0.1) is 15.9 Å². The number of nitrogens with zero attached hydrogens (tertiary/aromatic N) is 4. The number of carbonyl (C=O) groups is 1. The molecule has 0 atom stereocenters. The maximum atomic E-state index is 12.7. The van der Waals surface area contributed by atoms with E-state index < -0.39 is 0 Å². The summed E-state index contributed by atoms with van der Waals surface area (Å²) in [6.07, 6.45) is 0. The highest BCUT2D eigenvalue weighted by Gasteiger charge is 2.16. The first-order chi connectivity index (χ1) is 11.3. The highest BCUT2D eigenvalue weighted by Crippen LogP contribution is 2.22. The number of thiazole rings is 1. The number of rotatable bonds is 2. The van der Waals surface area contributed by atoms with Crippen molar-refractivity contribution in [3.05, 3.63) is 45.5 Å². The third-order valence-electron chi connectivity index (χ3n) is 4.00. The molecule has 5 nitrogen and oxygen atoms in total. The number of aromatic nitrogens is 3. The molecule has 1 amide bonds. The van der Waals surface area contributed by atoms with Crippen LogP contribution < -0.4 is 4.80 Å². The predicted molar refractivity (Wildman–Crippen MR) is 97.5 cm³/mol. The molecular weight excluding hydrogens is 320 g/mol. The summed E-state index contributed by atoms with van der Waals surface area (Å²) in [5, 5.41) is 4.40. The van der Waals surface area contributed by atoms with Gasteiger partial charge in [0.25, 0.3) is 5.91 Å². The zero-order valence-electron chi connectivity index (χ0n) is 14.9. The van der Waals surface area contributed by atoms with Gasteiger partial charge in [-0.1, -0.05) is 17.4 Å². The van der Waals surface area contributed by atoms with E-state index in [2.05, 4.69) is 36.1 Å². The van der Waals surface area contributed by atoms with Crippen LogP contribution in [0.4, 0.5) is 0 Å². The van der Waals surface area contributed by atoms with Gasteiger partial charge < -0.3 is 4.57 Å². The summed E-state index contributed by atoms with van der Waals surface area (Å²) < 4.78 is 4.88. The largest absolute Gasteiger partial charge is 0.319 e. The maximum absolute atomic E-state index is 12.7. The average Bonchev–Trinajstić information content (AvgIpc) is 3.00. The maximum Gasteiger partial charge on any atom is 0.297 e. The molecule has 126 valence electrons. The second-order valence-corrected chi connectivity index (χ2v) is 7.51. The van der Waals surface area contributed by atoms with Crippen molar-refractivity contribution in [1.82, 2.24) is 14.3 Å². The minimum Gasteiger partial charge on any atom is -0.319 e. The fraction of sp³-hybridized carbons (Fsp3) is 0.389. The van der Waals surface area contributed by atoms with Crippen LogP contribution >= 0.6 is 11.3 Å². The van der Waals surface area contributed by atoms with Gasteiger partial charge in [0.1, 0.15) is 5.69 Å². The summed E-state index contributed by atoms with van der Waals surface area (Å²) in [5.41, 5.74) is 4.90. The van der Waals surface area contributed by atoms with Crippen LogP contribution in [-0.4, -0.2) is 20.3 Å². The number of hydrogen-bond acceptors (Lipinski definition) is 3. The fourth-order valence-electron chi connectivity index (χ4n) is 3.00. The molecule has 2 aromatic heterocycles. The van der Waals surface area contributed by atoms with Crippen molar-refractivity contribution < 1.29 is 4.79 Å². The molecule has 3 rings (SSSR count). The summed E-state index contributed by atoms with van der Waals surface area (Å²) in [4.78, 5) is 17.8. The van der Waals surface area contributed by atoms with Crippen LogP contribution in [0.5, 0.6) is 0 Å². The topological polar surface area (TPSA) is 52.2 Å². The second kappa shape index (κ2) is 6.02. The highest BCUT2D eigenvalue weighted by molar-refractivity contribution is 7.16. The Bertz CT molecular complexity index is 1000. The van der Waals surface area contributed by atoms with Gasteiger partial charge in [-0.3, -0.25) is 9.48 Å². The minimum atomic E-state index is -0.249. The number of fused-ring (bicyclic) bond motifs is 1. The summed E-state index contributed by atoms with van der Waals surface area (Å²) >= 11 is 1.54. The Labute approximate surface area is 145 Å². The lowest BCUT2D eigenvalue weighted by atomic mass is 10.1. The standard InChI is InChI=1S/C18H22N4OS/c1-10(2)22-14(9-13(5)20-22)17(23)19-18-21(6)16-12(4)7-11(3)8-15(16)24-18/h7-10H,1-6H3. The average molecular weight is 342 g/mol. The predicted octanol–water partition coefficient (Wildman–Crippen LogP) is 3.68. The van der Waals surface area contributed by atoms with E-state index >= 15 is 0 Å². The molecule has 0 unspecified atom stereocenters. The summed E-state index contributed by atoms with van der Waals surface area (Å²) in [5.74, 6) is -0.249. The molecular formula is C18H22N4OS. The smallest absolute Gasteiger partial charge is 0.297 e. The molecule has 0 aliphatic rings. The van der Waals surface area contributed by atoms with Crippen LogP contribution in [0.15, 0.2) is 23.2 Å². The fourth-order valence-corrected chi connectivity index (χ4v) is 4.20. The van der Waals surface area contributed by atoms with Crippen molar-refractivity contribution in [2.24, 2.45) is 12.0 Å². The number of amides is 1. The Balaban J connectivity index is 2.16. The van der Waals surface area contributed by atoms with Crippen LogP contribution in [0.2, 0.25) is 0 Å². The van der Waals surface area contributed by atoms with Crippen LogP contribution in [0.3, 0.4) is 0 Å². The molecule has 0 aliphatic heterocycles. The molecule has 6 heteroatoms. The molecule has 0 saturated carbocycles. The number of carbonyl (C=O) groups excluding carboxylic acids is 1. The van der Waals surface area contributed by atoms with E-state index in [4.69, 9.17) is 0 Å². The van der Waals surface area contributed by atoms with Crippen molar-refractivity contribution in [2.75, 3.05) is 0 Å². The molecule has 0 N–H and O–H groups in total. The molecule has 3 aromatic rings. The first-order valence-electron chi connectivity index (χ1n) is 8.00. The number of hydrogen-bond donors (Lipinski definition) is 0. The molecule has 0 spiro atoms. The first kappa shape index (κ1) is 16.6. The van der Waals surface area contributed by atoms with E-state index in [1.807, 2.05) is 32.4 Å².